The second-order valence-corrected chi connectivity index (χ2v) is 4.53. The SMILES string of the molecule is NC(=S)c1c(F)cccc1NC(=O)Nc1ccccc1F. The summed E-state index contributed by atoms with van der Waals surface area (Å²) in [7, 11) is 0. The number of para-hydroxylation sites is 1. The lowest BCUT2D eigenvalue weighted by Crippen LogP contribution is -2.23. The summed E-state index contributed by atoms with van der Waals surface area (Å²) in [4.78, 5) is 11.6. The van der Waals surface area contributed by atoms with Gasteiger partial charge in [-0.2, -0.15) is 0 Å². The van der Waals surface area contributed by atoms with Crippen molar-refractivity contribution in [1.82, 2.24) is 0 Å². The van der Waals surface area contributed by atoms with Gasteiger partial charge in [-0.1, -0.05) is 30.4 Å². The largest absolute Gasteiger partial charge is 0.389 e. The van der Waals surface area contributed by atoms with E-state index in [0.29, 0.717) is 0 Å². The first-order chi connectivity index (χ1) is 9.99. The number of nitrogens with two attached hydrogens (primary N) is 1. The van der Waals surface area contributed by atoms with Gasteiger partial charge in [0.25, 0.3) is 0 Å². The fourth-order valence-corrected chi connectivity index (χ4v) is 1.92. The molecule has 4 N–H and O–H groups in total. The zero-order valence-electron chi connectivity index (χ0n) is 10.7. The lowest BCUT2D eigenvalue weighted by Gasteiger charge is -2.12. The average Bonchev–Trinajstić information content (AvgIpc) is 2.41. The maximum atomic E-state index is 13.6. The number of hydrogen-bond acceptors (Lipinski definition) is 2. The van der Waals surface area contributed by atoms with E-state index in [1.165, 1.54) is 36.4 Å². The topological polar surface area (TPSA) is 67.1 Å². The first-order valence-corrected chi connectivity index (χ1v) is 6.30. The third kappa shape index (κ3) is 3.51. The zero-order chi connectivity index (χ0) is 15.4. The van der Waals surface area contributed by atoms with Crippen molar-refractivity contribution in [3.05, 3.63) is 59.7 Å². The standard InChI is InChI=1S/C14H11F2N3OS/c15-8-4-1-2-6-10(8)18-14(20)19-11-7-3-5-9(16)12(11)13(17)21/h1-7H,(H2,17,21)(H2,18,19,20). The highest BCUT2D eigenvalue weighted by Gasteiger charge is 2.14. The summed E-state index contributed by atoms with van der Waals surface area (Å²) >= 11 is 4.75. The number of nitrogens with one attached hydrogen (secondary N) is 2. The maximum Gasteiger partial charge on any atom is 0.323 e. The molecule has 0 unspecified atom stereocenters. The number of urea groups is 1. The Balaban J connectivity index is 2.19. The molecule has 108 valence electrons. The molecule has 0 radical (unpaired) electrons. The first kappa shape index (κ1) is 14.9. The molecule has 0 saturated carbocycles. The molecule has 0 aliphatic heterocycles. The van der Waals surface area contributed by atoms with Gasteiger partial charge in [-0.3, -0.25) is 0 Å². The van der Waals surface area contributed by atoms with E-state index in [0.717, 1.165) is 0 Å². The number of rotatable bonds is 3. The van der Waals surface area contributed by atoms with E-state index in [9.17, 15) is 13.6 Å². The van der Waals surface area contributed by atoms with Gasteiger partial charge in [-0.05, 0) is 24.3 Å². The number of benzene rings is 2. The van der Waals surface area contributed by atoms with Crippen LogP contribution in [0.4, 0.5) is 25.0 Å². The molecule has 0 bridgehead atoms. The van der Waals surface area contributed by atoms with E-state index in [-0.39, 0.29) is 21.9 Å². The zero-order valence-corrected chi connectivity index (χ0v) is 11.5. The van der Waals surface area contributed by atoms with E-state index in [1.807, 2.05) is 0 Å². The van der Waals surface area contributed by atoms with Crippen LogP contribution >= 0.6 is 12.2 Å². The molecule has 0 saturated heterocycles. The Kier molecular flexibility index (Phi) is 4.44. The molecule has 21 heavy (non-hydrogen) atoms. The number of halogens is 2. The van der Waals surface area contributed by atoms with Gasteiger partial charge in [0.15, 0.2) is 0 Å². The molecule has 0 aromatic heterocycles. The smallest absolute Gasteiger partial charge is 0.323 e. The van der Waals surface area contributed by atoms with Crippen molar-refractivity contribution in [2.24, 2.45) is 5.73 Å². The summed E-state index contributed by atoms with van der Waals surface area (Å²) in [6, 6.07) is 8.95. The lowest BCUT2D eigenvalue weighted by molar-refractivity contribution is 0.262. The molecule has 0 fully saturated rings. The summed E-state index contributed by atoms with van der Waals surface area (Å²) < 4.78 is 27.1. The van der Waals surface area contributed by atoms with Crippen molar-refractivity contribution in [3.63, 3.8) is 0 Å². The fourth-order valence-electron chi connectivity index (χ4n) is 1.72. The number of thiocarbonyl (C=S) groups is 1. The number of carbonyl (C=O) groups is 1. The van der Waals surface area contributed by atoms with E-state index < -0.39 is 17.7 Å². The molecule has 0 atom stereocenters. The molecule has 0 aliphatic carbocycles. The van der Waals surface area contributed by atoms with Crippen molar-refractivity contribution in [1.29, 1.82) is 0 Å². The van der Waals surface area contributed by atoms with E-state index in [4.69, 9.17) is 18.0 Å². The van der Waals surface area contributed by atoms with Crippen LogP contribution in [-0.4, -0.2) is 11.0 Å². The van der Waals surface area contributed by atoms with Gasteiger partial charge in [0.2, 0.25) is 0 Å². The van der Waals surface area contributed by atoms with Gasteiger partial charge in [-0.25, -0.2) is 13.6 Å². The predicted octanol–water partition coefficient (Wildman–Crippen LogP) is 3.24. The number of amides is 2. The van der Waals surface area contributed by atoms with Crippen LogP contribution in [0, 0.1) is 11.6 Å². The van der Waals surface area contributed by atoms with Crippen LogP contribution in [-0.2, 0) is 0 Å². The van der Waals surface area contributed by atoms with Crippen molar-refractivity contribution in [2.75, 3.05) is 10.6 Å². The highest BCUT2D eigenvalue weighted by atomic mass is 32.1. The molecule has 2 rings (SSSR count). The molecular weight excluding hydrogens is 296 g/mol. The monoisotopic (exact) mass is 307 g/mol. The summed E-state index contributed by atoms with van der Waals surface area (Å²) in [5, 5.41) is 4.70. The van der Waals surface area contributed by atoms with Gasteiger partial charge in [0.1, 0.15) is 16.6 Å². The Hall–Kier alpha value is -2.54. The van der Waals surface area contributed by atoms with Crippen LogP contribution in [0.5, 0.6) is 0 Å². The molecule has 2 aromatic carbocycles. The summed E-state index contributed by atoms with van der Waals surface area (Å²) in [5.41, 5.74) is 5.47. The summed E-state index contributed by atoms with van der Waals surface area (Å²) in [5.74, 6) is -1.23. The van der Waals surface area contributed by atoms with Crippen molar-refractivity contribution >= 4 is 34.6 Å². The minimum absolute atomic E-state index is 0.00304. The molecule has 4 nitrogen and oxygen atoms in total. The predicted molar refractivity (Wildman–Crippen MR) is 81.3 cm³/mol. The third-order valence-corrected chi connectivity index (χ3v) is 2.83. The van der Waals surface area contributed by atoms with Gasteiger partial charge in [-0.15, -0.1) is 0 Å². The maximum absolute atomic E-state index is 13.6. The van der Waals surface area contributed by atoms with Crippen LogP contribution in [0.15, 0.2) is 42.5 Å². The normalized spacial score (nSPS) is 10.0. The molecule has 0 spiro atoms. The highest BCUT2D eigenvalue weighted by molar-refractivity contribution is 7.80. The minimum Gasteiger partial charge on any atom is -0.389 e. The quantitative estimate of drug-likeness (QED) is 0.763. The Bertz CT molecular complexity index is 706. The molecule has 2 aromatic rings. The highest BCUT2D eigenvalue weighted by Crippen LogP contribution is 2.19. The summed E-state index contributed by atoms with van der Waals surface area (Å²) in [6.45, 7) is 0. The van der Waals surface area contributed by atoms with Gasteiger partial charge in [0, 0.05) is 0 Å². The Morgan fingerprint density at radius 2 is 1.52 bits per heavy atom. The molecule has 0 heterocycles. The van der Waals surface area contributed by atoms with E-state index >= 15 is 0 Å². The van der Waals surface area contributed by atoms with Crippen LogP contribution in [0.1, 0.15) is 5.56 Å². The Labute approximate surface area is 125 Å². The first-order valence-electron chi connectivity index (χ1n) is 5.90. The number of carbonyl (C=O) groups excluding carboxylic acids is 1. The molecule has 7 heteroatoms. The van der Waals surface area contributed by atoms with Gasteiger partial charge < -0.3 is 16.4 Å². The van der Waals surface area contributed by atoms with Crippen molar-refractivity contribution in [2.45, 2.75) is 0 Å². The molecule has 2 amide bonds. The number of anilines is 2. The van der Waals surface area contributed by atoms with Crippen molar-refractivity contribution in [3.8, 4) is 0 Å². The molecular formula is C14H11F2N3OS. The van der Waals surface area contributed by atoms with Crippen molar-refractivity contribution < 1.29 is 13.6 Å². The van der Waals surface area contributed by atoms with Crippen LogP contribution in [0.2, 0.25) is 0 Å². The Morgan fingerprint density at radius 1 is 0.952 bits per heavy atom. The van der Waals surface area contributed by atoms with E-state index in [1.54, 1.807) is 6.07 Å². The lowest BCUT2D eigenvalue weighted by atomic mass is 10.1. The van der Waals surface area contributed by atoms with Gasteiger partial charge >= 0.3 is 6.03 Å². The second-order valence-electron chi connectivity index (χ2n) is 4.09. The van der Waals surface area contributed by atoms with E-state index in [2.05, 4.69) is 10.6 Å². The van der Waals surface area contributed by atoms with Crippen LogP contribution in [0.25, 0.3) is 0 Å². The minimum atomic E-state index is -0.733. The number of hydrogen-bond donors (Lipinski definition) is 3. The summed E-state index contributed by atoms with van der Waals surface area (Å²) in [6.07, 6.45) is 0. The second kappa shape index (κ2) is 6.27. The van der Waals surface area contributed by atoms with Crippen LogP contribution in [0.3, 0.4) is 0 Å². The molecule has 0 aliphatic rings. The Morgan fingerprint density at radius 3 is 2.19 bits per heavy atom. The van der Waals surface area contributed by atoms with Gasteiger partial charge in [0.05, 0.1) is 16.9 Å². The third-order valence-electron chi connectivity index (χ3n) is 2.63. The van der Waals surface area contributed by atoms with Crippen LogP contribution < -0.4 is 16.4 Å². The average molecular weight is 307 g/mol. The fraction of sp³-hybridized carbons (Fsp3) is 0.